The molecule has 2 rings (SSSR count). The quantitative estimate of drug-likeness (QED) is 0.821. The van der Waals surface area contributed by atoms with Crippen LogP contribution in [0.3, 0.4) is 0 Å². The van der Waals surface area contributed by atoms with E-state index in [0.29, 0.717) is 29.5 Å². The summed E-state index contributed by atoms with van der Waals surface area (Å²) >= 11 is 1.41. The number of rotatable bonds is 6. The zero-order valence-corrected chi connectivity index (χ0v) is 14.9. The van der Waals surface area contributed by atoms with Crippen LogP contribution in [0.1, 0.15) is 48.0 Å². The second-order valence-electron chi connectivity index (χ2n) is 5.68. The lowest BCUT2D eigenvalue weighted by Crippen LogP contribution is -2.28. The second-order valence-corrected chi connectivity index (χ2v) is 6.66. The predicted octanol–water partition coefficient (Wildman–Crippen LogP) is 3.14. The Labute approximate surface area is 148 Å². The Morgan fingerprint density at radius 3 is 2.39 bits per heavy atom. The highest BCUT2D eigenvalue weighted by Gasteiger charge is 2.21. The van der Waals surface area contributed by atoms with E-state index in [1.54, 1.807) is 12.1 Å². The summed E-state index contributed by atoms with van der Waals surface area (Å²) in [6, 6.07) is 7.43. The van der Waals surface area contributed by atoms with Crippen molar-refractivity contribution in [3.8, 4) is 0 Å². The molecule has 0 aromatic heterocycles. The highest BCUT2D eigenvalue weighted by Crippen LogP contribution is 2.29. The van der Waals surface area contributed by atoms with Crippen LogP contribution < -0.4 is 11.1 Å². The fraction of sp³-hybridized carbons (Fsp3) is 0.529. The molecule has 1 aliphatic rings. The van der Waals surface area contributed by atoms with Crippen molar-refractivity contribution >= 4 is 35.2 Å². The van der Waals surface area contributed by atoms with Gasteiger partial charge in [-0.3, -0.25) is 9.59 Å². The maximum Gasteiger partial charge on any atom is 0.251 e. The van der Waals surface area contributed by atoms with E-state index in [1.807, 2.05) is 12.1 Å². The van der Waals surface area contributed by atoms with E-state index in [2.05, 4.69) is 5.32 Å². The number of hydrogen-bond donors (Lipinski definition) is 2. The van der Waals surface area contributed by atoms with Gasteiger partial charge < -0.3 is 11.1 Å². The first-order valence-electron chi connectivity index (χ1n) is 7.94. The number of nitrogens with one attached hydrogen (secondary N) is 1. The molecule has 0 saturated heterocycles. The molecule has 0 spiro atoms. The molecule has 0 bridgehead atoms. The summed E-state index contributed by atoms with van der Waals surface area (Å²) in [6.45, 7) is 0.913. The highest BCUT2D eigenvalue weighted by atomic mass is 35.5. The minimum atomic E-state index is -0.108. The number of amides is 1. The summed E-state index contributed by atoms with van der Waals surface area (Å²) in [4.78, 5) is 23.9. The smallest absolute Gasteiger partial charge is 0.251 e. The first-order chi connectivity index (χ1) is 10.7. The van der Waals surface area contributed by atoms with Gasteiger partial charge in [0.25, 0.3) is 5.91 Å². The van der Waals surface area contributed by atoms with Crippen molar-refractivity contribution < 1.29 is 9.59 Å². The van der Waals surface area contributed by atoms with E-state index in [1.165, 1.54) is 31.0 Å². The molecule has 1 fully saturated rings. The summed E-state index contributed by atoms with van der Waals surface area (Å²) < 4.78 is 0. The summed E-state index contributed by atoms with van der Waals surface area (Å²) in [5, 5.41) is 3.06. The summed E-state index contributed by atoms with van der Waals surface area (Å²) in [6.07, 6.45) is 5.73. The van der Waals surface area contributed by atoms with Gasteiger partial charge in [0.2, 0.25) is 0 Å². The van der Waals surface area contributed by atoms with Gasteiger partial charge in [0.05, 0.1) is 0 Å². The molecule has 23 heavy (non-hydrogen) atoms. The predicted molar refractivity (Wildman–Crippen MR) is 98.0 cm³/mol. The Morgan fingerprint density at radius 1 is 1.13 bits per heavy atom. The van der Waals surface area contributed by atoms with Gasteiger partial charge in [-0.1, -0.05) is 43.2 Å². The van der Waals surface area contributed by atoms with Crippen LogP contribution in [-0.2, 0) is 10.5 Å². The Balaban J connectivity index is 0.00000264. The van der Waals surface area contributed by atoms with E-state index in [4.69, 9.17) is 5.73 Å². The molecule has 0 radical (unpaired) electrons. The molecule has 6 heteroatoms. The van der Waals surface area contributed by atoms with Gasteiger partial charge in [0.1, 0.15) is 0 Å². The highest BCUT2D eigenvalue weighted by molar-refractivity contribution is 8.13. The zero-order valence-electron chi connectivity index (χ0n) is 13.3. The lowest BCUT2D eigenvalue weighted by atomic mass is 9.90. The normalized spacial score (nSPS) is 14.8. The third-order valence-electron chi connectivity index (χ3n) is 3.97. The minimum absolute atomic E-state index is 0. The lowest BCUT2D eigenvalue weighted by Gasteiger charge is -2.19. The van der Waals surface area contributed by atoms with Crippen molar-refractivity contribution in [2.45, 2.75) is 37.9 Å². The topological polar surface area (TPSA) is 72.2 Å². The van der Waals surface area contributed by atoms with Crippen LogP contribution in [0.4, 0.5) is 0 Å². The molecule has 0 aliphatic heterocycles. The second kappa shape index (κ2) is 10.7. The average Bonchev–Trinajstić information content (AvgIpc) is 2.58. The summed E-state index contributed by atoms with van der Waals surface area (Å²) in [5.74, 6) is 0.822. The molecule has 3 N–H and O–H groups in total. The monoisotopic (exact) mass is 356 g/mol. The molecule has 4 nitrogen and oxygen atoms in total. The lowest BCUT2D eigenvalue weighted by molar-refractivity contribution is -0.115. The van der Waals surface area contributed by atoms with Crippen LogP contribution in [0, 0.1) is 5.92 Å². The van der Waals surface area contributed by atoms with Crippen LogP contribution in [0.25, 0.3) is 0 Å². The van der Waals surface area contributed by atoms with Crippen molar-refractivity contribution in [1.29, 1.82) is 0 Å². The Kier molecular flexibility index (Phi) is 9.29. The number of benzene rings is 1. The van der Waals surface area contributed by atoms with Gasteiger partial charge in [-0.2, -0.15) is 0 Å². The average molecular weight is 357 g/mol. The van der Waals surface area contributed by atoms with Gasteiger partial charge in [0.15, 0.2) is 5.12 Å². The number of carbonyl (C=O) groups is 2. The number of carbonyl (C=O) groups excluding carboxylic acids is 2. The summed E-state index contributed by atoms with van der Waals surface area (Å²) in [5.41, 5.74) is 7.06. The molecule has 0 heterocycles. The molecule has 1 saturated carbocycles. The molecule has 1 aromatic rings. The van der Waals surface area contributed by atoms with Gasteiger partial charge in [-0.05, 0) is 30.5 Å². The van der Waals surface area contributed by atoms with E-state index >= 15 is 0 Å². The standard InChI is InChI=1S/C17H24N2O2S.ClH/c18-10-11-19-16(20)14-8-6-13(7-9-14)12-22-17(21)15-4-2-1-3-5-15;/h6-9,15H,1-5,10-12,18H2,(H,19,20);1H. The number of hydrogen-bond acceptors (Lipinski definition) is 4. The van der Waals surface area contributed by atoms with Crippen molar-refractivity contribution in [1.82, 2.24) is 5.32 Å². The number of halogens is 1. The van der Waals surface area contributed by atoms with Gasteiger partial charge in [0, 0.05) is 30.3 Å². The molecule has 128 valence electrons. The Hall–Kier alpha value is -1.04. The van der Waals surface area contributed by atoms with E-state index in [0.717, 1.165) is 18.4 Å². The maximum absolute atomic E-state index is 12.2. The number of nitrogens with two attached hydrogens (primary N) is 1. The zero-order chi connectivity index (χ0) is 15.8. The van der Waals surface area contributed by atoms with Crippen LogP contribution >= 0.6 is 24.2 Å². The fourth-order valence-corrected chi connectivity index (χ4v) is 3.62. The number of thioether (sulfide) groups is 1. The Morgan fingerprint density at radius 2 is 1.78 bits per heavy atom. The maximum atomic E-state index is 12.2. The van der Waals surface area contributed by atoms with Crippen molar-refractivity contribution in [3.05, 3.63) is 35.4 Å². The summed E-state index contributed by atoms with van der Waals surface area (Å²) in [7, 11) is 0. The van der Waals surface area contributed by atoms with E-state index < -0.39 is 0 Å². The van der Waals surface area contributed by atoms with E-state index in [9.17, 15) is 9.59 Å². The van der Waals surface area contributed by atoms with Crippen LogP contribution in [0.15, 0.2) is 24.3 Å². The molecule has 0 unspecified atom stereocenters. The first-order valence-corrected chi connectivity index (χ1v) is 8.93. The molecule has 1 amide bonds. The molecular formula is C17H25ClN2O2S. The molecular weight excluding hydrogens is 332 g/mol. The fourth-order valence-electron chi connectivity index (χ4n) is 2.65. The first kappa shape index (κ1) is 20.0. The largest absolute Gasteiger partial charge is 0.351 e. The third kappa shape index (κ3) is 6.53. The van der Waals surface area contributed by atoms with Gasteiger partial charge >= 0.3 is 0 Å². The Bertz CT molecular complexity index is 502. The van der Waals surface area contributed by atoms with Gasteiger partial charge in [-0.25, -0.2) is 0 Å². The molecule has 0 atom stereocenters. The molecule has 1 aliphatic carbocycles. The third-order valence-corrected chi connectivity index (χ3v) is 5.06. The van der Waals surface area contributed by atoms with Crippen LogP contribution in [-0.4, -0.2) is 24.1 Å². The van der Waals surface area contributed by atoms with Crippen LogP contribution in [0.5, 0.6) is 0 Å². The van der Waals surface area contributed by atoms with Gasteiger partial charge in [-0.15, -0.1) is 12.4 Å². The van der Waals surface area contributed by atoms with Crippen molar-refractivity contribution in [2.24, 2.45) is 11.7 Å². The minimum Gasteiger partial charge on any atom is -0.351 e. The molecule has 1 aromatic carbocycles. The van der Waals surface area contributed by atoms with E-state index in [-0.39, 0.29) is 24.2 Å². The van der Waals surface area contributed by atoms with Crippen molar-refractivity contribution in [2.75, 3.05) is 13.1 Å². The van der Waals surface area contributed by atoms with Crippen molar-refractivity contribution in [3.63, 3.8) is 0 Å². The van der Waals surface area contributed by atoms with Crippen LogP contribution in [0.2, 0.25) is 0 Å². The SMILES string of the molecule is Cl.NCCNC(=O)c1ccc(CSC(=O)C2CCCCC2)cc1.